The van der Waals surface area contributed by atoms with Crippen molar-refractivity contribution in [3.63, 3.8) is 0 Å². The molecule has 0 aliphatic carbocycles. The third-order valence-corrected chi connectivity index (χ3v) is 2.41. The Balaban J connectivity index is 2.78. The zero-order valence-electron chi connectivity index (χ0n) is 6.17. The normalized spacial score (nSPS) is 12.1. The van der Waals surface area contributed by atoms with Crippen LogP contribution in [0.2, 0.25) is 4.34 Å². The standard InChI is InChI=1S/C8H9ClOS/c1-6(5-10)4-7-2-3-8(9)11-7/h2-4,10H,5H2,1H3. The monoisotopic (exact) mass is 188 g/mol. The SMILES string of the molecule is CC(=Cc1ccc(Cl)s1)CO. The minimum atomic E-state index is 0.107. The fourth-order valence-electron chi connectivity index (χ4n) is 0.694. The lowest BCUT2D eigenvalue weighted by molar-refractivity contribution is 0.332. The average molecular weight is 189 g/mol. The first-order valence-electron chi connectivity index (χ1n) is 3.26. The Hall–Kier alpha value is -0.310. The highest BCUT2D eigenvalue weighted by atomic mass is 35.5. The van der Waals surface area contributed by atoms with E-state index in [0.717, 1.165) is 14.8 Å². The Kier molecular flexibility index (Phi) is 3.12. The van der Waals surface area contributed by atoms with Gasteiger partial charge in [0.1, 0.15) is 0 Å². The molecular weight excluding hydrogens is 180 g/mol. The Labute approximate surface area is 74.9 Å². The van der Waals surface area contributed by atoms with Gasteiger partial charge in [0.15, 0.2) is 0 Å². The molecule has 0 amide bonds. The van der Waals surface area contributed by atoms with Gasteiger partial charge in [-0.1, -0.05) is 11.6 Å². The lowest BCUT2D eigenvalue weighted by Crippen LogP contribution is -1.81. The van der Waals surface area contributed by atoms with Crippen molar-refractivity contribution in [1.29, 1.82) is 0 Å². The van der Waals surface area contributed by atoms with Crippen LogP contribution in [0.25, 0.3) is 6.08 Å². The molecule has 0 unspecified atom stereocenters. The summed E-state index contributed by atoms with van der Waals surface area (Å²) in [6, 6.07) is 3.79. The lowest BCUT2D eigenvalue weighted by Gasteiger charge is -1.90. The summed E-state index contributed by atoms with van der Waals surface area (Å²) in [6.07, 6.45) is 1.93. The van der Waals surface area contributed by atoms with E-state index in [2.05, 4.69) is 0 Å². The molecule has 1 nitrogen and oxygen atoms in total. The van der Waals surface area contributed by atoms with Gasteiger partial charge in [-0.05, 0) is 30.7 Å². The highest BCUT2D eigenvalue weighted by Crippen LogP contribution is 2.23. The van der Waals surface area contributed by atoms with Crippen molar-refractivity contribution in [3.8, 4) is 0 Å². The van der Waals surface area contributed by atoms with Gasteiger partial charge in [-0.3, -0.25) is 0 Å². The fraction of sp³-hybridized carbons (Fsp3) is 0.250. The van der Waals surface area contributed by atoms with Crippen molar-refractivity contribution < 1.29 is 5.11 Å². The number of halogens is 1. The summed E-state index contributed by atoms with van der Waals surface area (Å²) in [4.78, 5) is 1.08. The van der Waals surface area contributed by atoms with Crippen molar-refractivity contribution in [2.75, 3.05) is 6.61 Å². The van der Waals surface area contributed by atoms with E-state index in [9.17, 15) is 0 Å². The zero-order chi connectivity index (χ0) is 8.27. The Morgan fingerprint density at radius 2 is 2.45 bits per heavy atom. The largest absolute Gasteiger partial charge is 0.392 e. The fourth-order valence-corrected chi connectivity index (χ4v) is 1.78. The van der Waals surface area contributed by atoms with Crippen LogP contribution in [0, 0.1) is 0 Å². The van der Waals surface area contributed by atoms with Gasteiger partial charge < -0.3 is 5.11 Å². The van der Waals surface area contributed by atoms with E-state index in [1.807, 2.05) is 25.1 Å². The third-order valence-electron chi connectivity index (χ3n) is 1.23. The molecule has 0 aliphatic rings. The first kappa shape index (κ1) is 8.78. The van der Waals surface area contributed by atoms with E-state index >= 15 is 0 Å². The van der Waals surface area contributed by atoms with Crippen LogP contribution >= 0.6 is 22.9 Å². The number of thiophene rings is 1. The maximum Gasteiger partial charge on any atom is 0.0934 e. The highest BCUT2D eigenvalue weighted by molar-refractivity contribution is 7.17. The van der Waals surface area contributed by atoms with Crippen LogP contribution in [0.15, 0.2) is 17.7 Å². The van der Waals surface area contributed by atoms with E-state index in [4.69, 9.17) is 16.7 Å². The first-order chi connectivity index (χ1) is 5.22. The third kappa shape index (κ3) is 2.66. The summed E-state index contributed by atoms with van der Waals surface area (Å²) < 4.78 is 0.780. The maximum absolute atomic E-state index is 8.71. The van der Waals surface area contributed by atoms with Crippen molar-refractivity contribution >= 4 is 29.0 Å². The van der Waals surface area contributed by atoms with Gasteiger partial charge in [0.25, 0.3) is 0 Å². The van der Waals surface area contributed by atoms with Crippen LogP contribution in [0.1, 0.15) is 11.8 Å². The van der Waals surface area contributed by atoms with Crippen LogP contribution in [-0.4, -0.2) is 11.7 Å². The molecule has 0 fully saturated rings. The molecule has 0 aromatic carbocycles. The van der Waals surface area contributed by atoms with Gasteiger partial charge in [0.05, 0.1) is 10.9 Å². The number of rotatable bonds is 2. The van der Waals surface area contributed by atoms with Crippen LogP contribution in [0.5, 0.6) is 0 Å². The summed E-state index contributed by atoms with van der Waals surface area (Å²) in [7, 11) is 0. The van der Waals surface area contributed by atoms with Gasteiger partial charge >= 0.3 is 0 Å². The van der Waals surface area contributed by atoms with E-state index in [1.54, 1.807) is 0 Å². The number of hydrogen-bond donors (Lipinski definition) is 1. The van der Waals surface area contributed by atoms with Crippen molar-refractivity contribution in [3.05, 3.63) is 26.9 Å². The maximum atomic E-state index is 8.71. The van der Waals surface area contributed by atoms with Crippen molar-refractivity contribution in [2.45, 2.75) is 6.92 Å². The lowest BCUT2D eigenvalue weighted by atomic mass is 10.3. The minimum Gasteiger partial charge on any atom is -0.392 e. The highest BCUT2D eigenvalue weighted by Gasteiger charge is 1.93. The molecule has 1 aromatic rings. The van der Waals surface area contributed by atoms with Crippen LogP contribution in [-0.2, 0) is 0 Å². The molecule has 0 saturated carbocycles. The molecule has 1 rings (SSSR count). The van der Waals surface area contributed by atoms with E-state index in [-0.39, 0.29) is 6.61 Å². The van der Waals surface area contributed by atoms with Crippen LogP contribution in [0.3, 0.4) is 0 Å². The Morgan fingerprint density at radius 1 is 1.73 bits per heavy atom. The predicted octanol–water partition coefficient (Wildman–Crippen LogP) is 2.80. The van der Waals surface area contributed by atoms with Crippen LogP contribution in [0.4, 0.5) is 0 Å². The molecule has 1 N–H and O–H groups in total. The van der Waals surface area contributed by atoms with Crippen molar-refractivity contribution in [1.82, 2.24) is 0 Å². The molecule has 0 saturated heterocycles. The first-order valence-corrected chi connectivity index (χ1v) is 4.45. The summed E-state index contributed by atoms with van der Waals surface area (Å²) in [5.41, 5.74) is 0.948. The molecule has 1 heterocycles. The van der Waals surface area contributed by atoms with Gasteiger partial charge in [0.2, 0.25) is 0 Å². The number of hydrogen-bond acceptors (Lipinski definition) is 2. The van der Waals surface area contributed by atoms with Crippen molar-refractivity contribution in [2.24, 2.45) is 0 Å². The van der Waals surface area contributed by atoms with Crippen LogP contribution < -0.4 is 0 Å². The minimum absolute atomic E-state index is 0.107. The molecule has 0 radical (unpaired) electrons. The molecule has 0 atom stereocenters. The van der Waals surface area contributed by atoms with Gasteiger partial charge in [0, 0.05) is 4.88 Å². The molecule has 0 spiro atoms. The second-order valence-electron chi connectivity index (χ2n) is 2.29. The van der Waals surface area contributed by atoms with E-state index < -0.39 is 0 Å². The number of aliphatic hydroxyl groups is 1. The van der Waals surface area contributed by atoms with E-state index in [1.165, 1.54) is 11.3 Å². The quantitative estimate of drug-likeness (QED) is 0.757. The Bertz CT molecular complexity index is 265. The summed E-state index contributed by atoms with van der Waals surface area (Å²) in [5, 5.41) is 8.71. The Morgan fingerprint density at radius 3 is 2.91 bits per heavy atom. The molecule has 1 aromatic heterocycles. The topological polar surface area (TPSA) is 20.2 Å². The van der Waals surface area contributed by atoms with Gasteiger partial charge in [-0.15, -0.1) is 11.3 Å². The van der Waals surface area contributed by atoms with Gasteiger partial charge in [-0.25, -0.2) is 0 Å². The molecule has 3 heteroatoms. The second-order valence-corrected chi connectivity index (χ2v) is 4.04. The molecule has 11 heavy (non-hydrogen) atoms. The summed E-state index contributed by atoms with van der Waals surface area (Å²) >= 11 is 7.22. The predicted molar refractivity (Wildman–Crippen MR) is 50.1 cm³/mol. The average Bonchev–Trinajstić information content (AvgIpc) is 2.35. The molecule has 0 bridgehead atoms. The zero-order valence-corrected chi connectivity index (χ0v) is 7.75. The molecule has 60 valence electrons. The molecular formula is C8H9ClOS. The second kappa shape index (κ2) is 3.90. The van der Waals surface area contributed by atoms with E-state index in [0.29, 0.717) is 0 Å². The number of aliphatic hydroxyl groups excluding tert-OH is 1. The molecule has 0 aliphatic heterocycles. The smallest absolute Gasteiger partial charge is 0.0934 e. The summed E-state index contributed by atoms with van der Waals surface area (Å²) in [6.45, 7) is 1.99. The van der Waals surface area contributed by atoms with Gasteiger partial charge in [-0.2, -0.15) is 0 Å². The summed E-state index contributed by atoms with van der Waals surface area (Å²) in [5.74, 6) is 0.